The van der Waals surface area contributed by atoms with Crippen molar-refractivity contribution in [1.29, 1.82) is 0 Å². The monoisotopic (exact) mass is 371 g/mol. The molecule has 9 heteroatoms. The van der Waals surface area contributed by atoms with Gasteiger partial charge in [0.1, 0.15) is 0 Å². The minimum atomic E-state index is -3.48. The van der Waals surface area contributed by atoms with Crippen molar-refractivity contribution in [2.24, 2.45) is 0 Å². The average molecular weight is 372 g/mol. The van der Waals surface area contributed by atoms with Crippen molar-refractivity contribution in [3.63, 3.8) is 0 Å². The van der Waals surface area contributed by atoms with Gasteiger partial charge in [-0.15, -0.1) is 0 Å². The van der Waals surface area contributed by atoms with E-state index in [1.165, 1.54) is 12.1 Å². The van der Waals surface area contributed by atoms with E-state index >= 15 is 0 Å². The predicted octanol–water partition coefficient (Wildman–Crippen LogP) is 3.89. The van der Waals surface area contributed by atoms with E-state index < -0.39 is 16.1 Å². The fraction of sp³-hybridized carbons (Fsp3) is 0.0714. The second-order valence-electron chi connectivity index (χ2n) is 4.87. The highest BCUT2D eigenvalue weighted by molar-refractivity contribution is 7.92. The molecule has 3 rings (SSSR count). The highest BCUT2D eigenvalue weighted by Gasteiger charge is 2.28. The minimum Gasteiger partial charge on any atom is -0.306 e. The van der Waals surface area contributed by atoms with Gasteiger partial charge in [0.2, 0.25) is 10.0 Å². The van der Waals surface area contributed by atoms with Gasteiger partial charge in [0.05, 0.1) is 27.8 Å². The van der Waals surface area contributed by atoms with E-state index in [-0.39, 0.29) is 11.4 Å². The van der Waals surface area contributed by atoms with Gasteiger partial charge < -0.3 is 10.6 Å². The Hall–Kier alpha value is -1.96. The van der Waals surface area contributed by atoms with Crippen LogP contribution in [0.3, 0.4) is 0 Å². The van der Waals surface area contributed by atoms with E-state index in [0.717, 1.165) is 0 Å². The van der Waals surface area contributed by atoms with Crippen LogP contribution >= 0.6 is 23.2 Å². The van der Waals surface area contributed by atoms with E-state index in [4.69, 9.17) is 23.2 Å². The van der Waals surface area contributed by atoms with Crippen LogP contribution in [0, 0.1) is 0 Å². The maximum atomic E-state index is 12.1. The molecule has 0 fully saturated rings. The molecule has 23 heavy (non-hydrogen) atoms. The van der Waals surface area contributed by atoms with Gasteiger partial charge in [-0.3, -0.25) is 4.72 Å². The molecule has 0 saturated heterocycles. The van der Waals surface area contributed by atoms with Crippen molar-refractivity contribution >= 4 is 56.3 Å². The van der Waals surface area contributed by atoms with E-state index in [0.29, 0.717) is 27.0 Å². The second kappa shape index (κ2) is 5.92. The SMILES string of the molecule is O=C(Nc1ccccc1Cl)Nc1ccc(Cl)c2c1NS(=O)(=O)C2. The van der Waals surface area contributed by atoms with Gasteiger partial charge in [-0.2, -0.15) is 0 Å². The van der Waals surface area contributed by atoms with Crippen LogP contribution in [0.5, 0.6) is 0 Å². The highest BCUT2D eigenvalue weighted by Crippen LogP contribution is 2.38. The fourth-order valence-electron chi connectivity index (χ4n) is 2.20. The van der Waals surface area contributed by atoms with Crippen LogP contribution < -0.4 is 15.4 Å². The quantitative estimate of drug-likeness (QED) is 0.747. The van der Waals surface area contributed by atoms with Crippen LogP contribution in [-0.4, -0.2) is 14.4 Å². The normalized spacial score (nSPS) is 14.7. The summed E-state index contributed by atoms with van der Waals surface area (Å²) in [6.45, 7) is 0. The van der Waals surface area contributed by atoms with Crippen LogP contribution in [0.15, 0.2) is 36.4 Å². The zero-order chi connectivity index (χ0) is 16.6. The first-order valence-electron chi connectivity index (χ1n) is 6.50. The highest BCUT2D eigenvalue weighted by atomic mass is 35.5. The third-order valence-electron chi connectivity index (χ3n) is 3.22. The van der Waals surface area contributed by atoms with Gasteiger partial charge >= 0.3 is 6.03 Å². The largest absolute Gasteiger partial charge is 0.323 e. The number of fused-ring (bicyclic) bond motifs is 1. The molecule has 1 aliphatic rings. The number of halogens is 2. The standard InChI is InChI=1S/C14H11Cl2N3O3S/c15-9-5-6-12(13-8(9)7-23(21,22)19-13)18-14(20)17-11-4-2-1-3-10(11)16/h1-6,19H,7H2,(H2,17,18,20). The molecule has 1 aliphatic heterocycles. The molecule has 0 spiro atoms. The Morgan fingerprint density at radius 1 is 1.00 bits per heavy atom. The molecule has 0 aromatic heterocycles. The lowest BCUT2D eigenvalue weighted by atomic mass is 10.1. The van der Waals surface area contributed by atoms with E-state index in [1.54, 1.807) is 24.3 Å². The van der Waals surface area contributed by atoms with Gasteiger partial charge in [0.15, 0.2) is 0 Å². The predicted molar refractivity (Wildman–Crippen MR) is 91.8 cm³/mol. The third kappa shape index (κ3) is 3.36. The number of nitrogens with one attached hydrogen (secondary N) is 3. The number of hydrogen-bond acceptors (Lipinski definition) is 3. The van der Waals surface area contributed by atoms with Crippen LogP contribution in [0.1, 0.15) is 5.56 Å². The first-order chi connectivity index (χ1) is 10.9. The average Bonchev–Trinajstić information content (AvgIpc) is 2.81. The molecular formula is C14H11Cl2N3O3S. The number of anilines is 3. The third-order valence-corrected chi connectivity index (χ3v) is 5.09. The lowest BCUT2D eigenvalue weighted by Crippen LogP contribution is -2.20. The number of urea groups is 1. The minimum absolute atomic E-state index is 0.219. The number of para-hydroxylation sites is 1. The lowest BCUT2D eigenvalue weighted by molar-refractivity contribution is 0.262. The first-order valence-corrected chi connectivity index (χ1v) is 8.91. The Morgan fingerprint density at radius 3 is 2.43 bits per heavy atom. The number of rotatable bonds is 2. The number of benzene rings is 2. The van der Waals surface area contributed by atoms with Crippen LogP contribution in [0.4, 0.5) is 21.9 Å². The number of sulfonamides is 1. The van der Waals surface area contributed by atoms with Gasteiger partial charge in [0.25, 0.3) is 0 Å². The Labute approximate surface area is 142 Å². The zero-order valence-electron chi connectivity index (χ0n) is 11.6. The number of carbonyl (C=O) groups is 1. The summed E-state index contributed by atoms with van der Waals surface area (Å²) in [4.78, 5) is 12.1. The molecule has 0 bridgehead atoms. The second-order valence-corrected chi connectivity index (χ2v) is 7.41. The summed E-state index contributed by atoms with van der Waals surface area (Å²) in [5, 5.41) is 5.90. The fourth-order valence-corrected chi connectivity index (χ4v) is 3.99. The molecule has 0 radical (unpaired) electrons. The summed E-state index contributed by atoms with van der Waals surface area (Å²) in [6, 6.07) is 9.29. The molecule has 0 saturated carbocycles. The Kier molecular flexibility index (Phi) is 4.09. The molecule has 120 valence electrons. The summed E-state index contributed by atoms with van der Waals surface area (Å²) in [5.41, 5.74) is 1.47. The van der Waals surface area contributed by atoms with Crippen molar-refractivity contribution in [3.8, 4) is 0 Å². The molecule has 0 aliphatic carbocycles. The van der Waals surface area contributed by atoms with Crippen molar-refractivity contribution in [2.45, 2.75) is 5.75 Å². The Bertz CT molecular complexity index is 900. The molecule has 0 unspecified atom stereocenters. The molecule has 2 aromatic carbocycles. The van der Waals surface area contributed by atoms with Crippen LogP contribution in [0.2, 0.25) is 10.0 Å². The number of hydrogen-bond donors (Lipinski definition) is 3. The number of carbonyl (C=O) groups excluding carboxylic acids is 1. The van der Waals surface area contributed by atoms with Gasteiger partial charge in [-0.25, -0.2) is 13.2 Å². The molecule has 2 aromatic rings. The van der Waals surface area contributed by atoms with Crippen LogP contribution in [-0.2, 0) is 15.8 Å². The molecule has 6 nitrogen and oxygen atoms in total. The van der Waals surface area contributed by atoms with Gasteiger partial charge in [-0.05, 0) is 24.3 Å². The van der Waals surface area contributed by atoms with Crippen molar-refractivity contribution in [1.82, 2.24) is 0 Å². The number of amides is 2. The summed E-state index contributed by atoms with van der Waals surface area (Å²) in [5.74, 6) is -0.219. The van der Waals surface area contributed by atoms with Crippen molar-refractivity contribution in [2.75, 3.05) is 15.4 Å². The maximum absolute atomic E-state index is 12.1. The smallest absolute Gasteiger partial charge is 0.306 e. The van der Waals surface area contributed by atoms with Crippen LogP contribution in [0.25, 0.3) is 0 Å². The topological polar surface area (TPSA) is 87.3 Å². The summed E-state index contributed by atoms with van der Waals surface area (Å²) < 4.78 is 25.8. The Balaban J connectivity index is 1.84. The summed E-state index contributed by atoms with van der Waals surface area (Å²) >= 11 is 12.0. The first kappa shape index (κ1) is 15.9. The molecule has 0 atom stereocenters. The molecule has 3 N–H and O–H groups in total. The lowest BCUT2D eigenvalue weighted by Gasteiger charge is -2.12. The van der Waals surface area contributed by atoms with Crippen molar-refractivity contribution < 1.29 is 13.2 Å². The Morgan fingerprint density at radius 2 is 1.70 bits per heavy atom. The zero-order valence-corrected chi connectivity index (χ0v) is 13.9. The van der Waals surface area contributed by atoms with Gasteiger partial charge in [0, 0.05) is 10.6 Å². The molecule has 2 amide bonds. The van der Waals surface area contributed by atoms with E-state index in [2.05, 4.69) is 15.4 Å². The van der Waals surface area contributed by atoms with Crippen molar-refractivity contribution in [3.05, 3.63) is 52.0 Å². The van der Waals surface area contributed by atoms with Gasteiger partial charge in [-0.1, -0.05) is 35.3 Å². The summed E-state index contributed by atoms with van der Waals surface area (Å²) in [7, 11) is -3.48. The van der Waals surface area contributed by atoms with E-state index in [9.17, 15) is 13.2 Å². The summed E-state index contributed by atoms with van der Waals surface area (Å²) in [6.07, 6.45) is 0. The maximum Gasteiger partial charge on any atom is 0.323 e. The molecular weight excluding hydrogens is 361 g/mol. The molecule has 1 heterocycles. The van der Waals surface area contributed by atoms with E-state index in [1.807, 2.05) is 0 Å².